The van der Waals surface area contributed by atoms with Gasteiger partial charge < -0.3 is 15.4 Å². The van der Waals surface area contributed by atoms with Gasteiger partial charge in [-0.25, -0.2) is 0 Å². The number of esters is 1. The van der Waals surface area contributed by atoms with Crippen LogP contribution in [0.5, 0.6) is 0 Å². The van der Waals surface area contributed by atoms with Crippen molar-refractivity contribution in [3.8, 4) is 0 Å². The van der Waals surface area contributed by atoms with Crippen LogP contribution in [0.1, 0.15) is 41.0 Å². The monoisotopic (exact) mass is 468 g/mol. The molecule has 0 saturated heterocycles. The van der Waals surface area contributed by atoms with Crippen molar-refractivity contribution in [1.82, 2.24) is 4.90 Å². The Kier molecular flexibility index (Phi) is 7.00. The van der Waals surface area contributed by atoms with Crippen molar-refractivity contribution in [2.45, 2.75) is 26.4 Å². The normalized spacial score (nSPS) is 13.2. The number of fused-ring (bicyclic) bond motifs is 1. The van der Waals surface area contributed by atoms with Crippen LogP contribution in [-0.2, 0) is 19.1 Å². The van der Waals surface area contributed by atoms with Crippen molar-refractivity contribution in [2.75, 3.05) is 17.2 Å². The van der Waals surface area contributed by atoms with E-state index in [1.54, 1.807) is 24.3 Å². The number of hydrogen-bond acceptors (Lipinski definition) is 8. The molecule has 0 aromatic heterocycles. The lowest BCUT2D eigenvalue weighted by Gasteiger charge is -2.16. The summed E-state index contributed by atoms with van der Waals surface area (Å²) in [5.41, 5.74) is 0.0439. The number of rotatable bonds is 8. The Morgan fingerprint density at radius 2 is 1.65 bits per heavy atom. The molecule has 1 aliphatic heterocycles. The van der Waals surface area contributed by atoms with Crippen LogP contribution in [0.2, 0.25) is 0 Å². The molecule has 12 nitrogen and oxygen atoms in total. The van der Waals surface area contributed by atoms with Crippen molar-refractivity contribution in [2.24, 2.45) is 0 Å². The second-order valence-electron chi connectivity index (χ2n) is 7.35. The molecule has 2 aromatic rings. The Morgan fingerprint density at radius 3 is 2.24 bits per heavy atom. The third-order valence-electron chi connectivity index (χ3n) is 4.86. The average molecular weight is 468 g/mol. The third-order valence-corrected chi connectivity index (χ3v) is 4.86. The minimum Gasteiger partial charge on any atom is -0.452 e. The predicted molar refractivity (Wildman–Crippen MR) is 118 cm³/mol. The number of imide groups is 1. The standard InChI is InChI=1S/C22H20N4O8/c1-12(20(29)24-15-8-6-14(7-9-15)23-13(2)27)34-18(28)10-11-25-21(30)16-4-3-5-17(26(32)33)19(16)22(25)31/h3-9,12H,10-11H2,1-2H3,(H,23,27)(H,24,29). The molecule has 3 rings (SSSR count). The lowest BCUT2D eigenvalue weighted by molar-refractivity contribution is -0.385. The van der Waals surface area contributed by atoms with Gasteiger partial charge in [-0.15, -0.1) is 0 Å². The average Bonchev–Trinajstić information content (AvgIpc) is 3.03. The molecule has 34 heavy (non-hydrogen) atoms. The Hall–Kier alpha value is -4.61. The largest absolute Gasteiger partial charge is 0.452 e. The number of benzene rings is 2. The van der Waals surface area contributed by atoms with Crippen LogP contribution in [0.3, 0.4) is 0 Å². The first-order valence-corrected chi connectivity index (χ1v) is 10.1. The van der Waals surface area contributed by atoms with Crippen molar-refractivity contribution < 1.29 is 33.6 Å². The number of carbonyl (C=O) groups excluding carboxylic acids is 5. The highest BCUT2D eigenvalue weighted by Crippen LogP contribution is 2.30. The van der Waals surface area contributed by atoms with Gasteiger partial charge in [-0.3, -0.25) is 39.0 Å². The van der Waals surface area contributed by atoms with E-state index in [4.69, 9.17) is 4.74 Å². The zero-order valence-electron chi connectivity index (χ0n) is 18.2. The fourth-order valence-electron chi connectivity index (χ4n) is 3.27. The lowest BCUT2D eigenvalue weighted by atomic mass is 10.1. The van der Waals surface area contributed by atoms with Gasteiger partial charge in [0.25, 0.3) is 23.4 Å². The van der Waals surface area contributed by atoms with E-state index in [1.807, 2.05) is 0 Å². The molecule has 1 aliphatic rings. The number of ether oxygens (including phenoxy) is 1. The molecule has 1 heterocycles. The van der Waals surface area contributed by atoms with Gasteiger partial charge in [-0.2, -0.15) is 0 Å². The molecule has 2 aromatic carbocycles. The van der Waals surface area contributed by atoms with Crippen LogP contribution in [0.15, 0.2) is 42.5 Å². The summed E-state index contributed by atoms with van der Waals surface area (Å²) < 4.78 is 5.06. The quantitative estimate of drug-likeness (QED) is 0.257. The summed E-state index contributed by atoms with van der Waals surface area (Å²) in [5.74, 6) is -3.30. The van der Waals surface area contributed by atoms with Gasteiger partial charge in [-0.05, 0) is 37.3 Å². The minimum atomic E-state index is -1.18. The van der Waals surface area contributed by atoms with Gasteiger partial charge in [0.2, 0.25) is 5.91 Å². The van der Waals surface area contributed by atoms with E-state index < -0.39 is 46.8 Å². The van der Waals surface area contributed by atoms with Crippen molar-refractivity contribution in [1.29, 1.82) is 0 Å². The van der Waals surface area contributed by atoms with Crippen molar-refractivity contribution in [3.63, 3.8) is 0 Å². The van der Waals surface area contributed by atoms with E-state index in [-0.39, 0.29) is 23.6 Å². The Labute approximate surface area is 193 Å². The molecular weight excluding hydrogens is 448 g/mol. The van der Waals surface area contributed by atoms with Crippen LogP contribution in [0, 0.1) is 10.1 Å². The fourth-order valence-corrected chi connectivity index (χ4v) is 3.27. The molecule has 0 radical (unpaired) electrons. The molecule has 1 unspecified atom stereocenters. The van der Waals surface area contributed by atoms with Gasteiger partial charge in [0.1, 0.15) is 5.56 Å². The molecule has 2 N–H and O–H groups in total. The lowest BCUT2D eigenvalue weighted by Crippen LogP contribution is -2.34. The summed E-state index contributed by atoms with van der Waals surface area (Å²) in [6.45, 7) is 2.36. The molecule has 0 saturated carbocycles. The molecule has 176 valence electrons. The maximum absolute atomic E-state index is 12.5. The fraction of sp³-hybridized carbons (Fsp3) is 0.227. The SMILES string of the molecule is CC(=O)Nc1ccc(NC(=O)C(C)OC(=O)CCN2C(=O)c3cccc([N+](=O)[O-])c3C2=O)cc1. The molecule has 0 bridgehead atoms. The number of carbonyl (C=O) groups is 5. The highest BCUT2D eigenvalue weighted by molar-refractivity contribution is 6.23. The smallest absolute Gasteiger partial charge is 0.308 e. The van der Waals surface area contributed by atoms with E-state index >= 15 is 0 Å². The van der Waals surface area contributed by atoms with E-state index in [1.165, 1.54) is 26.0 Å². The van der Waals surface area contributed by atoms with Crippen LogP contribution in [-0.4, -0.2) is 52.1 Å². The molecule has 4 amide bonds. The summed E-state index contributed by atoms with van der Waals surface area (Å²) >= 11 is 0. The van der Waals surface area contributed by atoms with Crippen LogP contribution in [0.25, 0.3) is 0 Å². The second kappa shape index (κ2) is 9.90. The molecule has 0 fully saturated rings. The van der Waals surface area contributed by atoms with Crippen LogP contribution >= 0.6 is 0 Å². The molecule has 0 aliphatic carbocycles. The summed E-state index contributed by atoms with van der Waals surface area (Å²) in [4.78, 5) is 71.6. The van der Waals surface area contributed by atoms with Gasteiger partial charge in [-0.1, -0.05) is 6.07 Å². The van der Waals surface area contributed by atoms with Crippen molar-refractivity contribution in [3.05, 3.63) is 63.7 Å². The van der Waals surface area contributed by atoms with Gasteiger partial charge in [0.15, 0.2) is 6.10 Å². The summed E-state index contributed by atoms with van der Waals surface area (Å²) in [6, 6.07) is 10.00. The number of nitro benzene ring substituents is 1. The summed E-state index contributed by atoms with van der Waals surface area (Å²) in [7, 11) is 0. The number of nitrogens with zero attached hydrogens (tertiary/aromatic N) is 2. The van der Waals surface area contributed by atoms with Gasteiger partial charge in [0.05, 0.1) is 16.9 Å². The number of nitro groups is 1. The number of anilines is 2. The van der Waals surface area contributed by atoms with Crippen molar-refractivity contribution >= 4 is 46.7 Å². The van der Waals surface area contributed by atoms with E-state index in [9.17, 15) is 34.1 Å². The zero-order valence-corrected chi connectivity index (χ0v) is 18.2. The zero-order chi connectivity index (χ0) is 25.0. The maximum atomic E-state index is 12.5. The van der Waals surface area contributed by atoms with Crippen LogP contribution in [0.4, 0.5) is 17.1 Å². The highest BCUT2D eigenvalue weighted by Gasteiger charge is 2.40. The minimum absolute atomic E-state index is 0.107. The number of amides is 4. The first kappa shape index (κ1) is 24.0. The molecule has 12 heteroatoms. The third kappa shape index (κ3) is 5.23. The van der Waals surface area contributed by atoms with E-state index in [0.29, 0.717) is 11.4 Å². The van der Waals surface area contributed by atoms with E-state index in [2.05, 4.69) is 10.6 Å². The first-order valence-electron chi connectivity index (χ1n) is 10.1. The summed E-state index contributed by atoms with van der Waals surface area (Å²) in [5, 5.41) is 16.3. The van der Waals surface area contributed by atoms with Gasteiger partial charge >= 0.3 is 5.97 Å². The molecular formula is C22H20N4O8. The summed E-state index contributed by atoms with van der Waals surface area (Å²) in [6.07, 6.45) is -1.58. The first-order chi connectivity index (χ1) is 16.1. The Balaban J connectivity index is 1.53. The van der Waals surface area contributed by atoms with E-state index in [0.717, 1.165) is 11.0 Å². The Bertz CT molecular complexity index is 1190. The highest BCUT2D eigenvalue weighted by atomic mass is 16.6. The maximum Gasteiger partial charge on any atom is 0.308 e. The van der Waals surface area contributed by atoms with Crippen LogP contribution < -0.4 is 10.6 Å². The second-order valence-corrected chi connectivity index (χ2v) is 7.35. The number of hydrogen-bond donors (Lipinski definition) is 2. The number of nitrogens with one attached hydrogen (secondary N) is 2. The predicted octanol–water partition coefficient (Wildman–Crippen LogP) is 2.11. The molecule has 1 atom stereocenters. The molecule has 0 spiro atoms. The Morgan fingerprint density at radius 1 is 1.03 bits per heavy atom. The topological polar surface area (TPSA) is 165 Å². The van der Waals surface area contributed by atoms with Gasteiger partial charge in [0, 0.05) is 30.9 Å².